The maximum atomic E-state index is 10.6. The number of benzene rings is 1. The summed E-state index contributed by atoms with van der Waals surface area (Å²) >= 11 is 1.85. The first kappa shape index (κ1) is 12.3. The Morgan fingerprint density at radius 3 is 2.94 bits per heavy atom. The minimum atomic E-state index is -0.250. The SMILES string of the molecule is OC(C1=CCCCCC1)C1Cc2ccccc2S1. The van der Waals surface area contributed by atoms with E-state index in [1.807, 2.05) is 11.8 Å². The zero-order valence-corrected chi connectivity index (χ0v) is 11.5. The molecule has 1 aromatic rings. The van der Waals surface area contributed by atoms with E-state index >= 15 is 0 Å². The van der Waals surface area contributed by atoms with Crippen LogP contribution in [0.25, 0.3) is 0 Å². The Kier molecular flexibility index (Phi) is 3.76. The van der Waals surface area contributed by atoms with E-state index in [0.29, 0.717) is 5.25 Å². The molecule has 18 heavy (non-hydrogen) atoms. The van der Waals surface area contributed by atoms with Crippen molar-refractivity contribution in [2.45, 2.75) is 54.8 Å². The highest BCUT2D eigenvalue weighted by molar-refractivity contribution is 8.00. The first-order valence-corrected chi connectivity index (χ1v) is 7.84. The van der Waals surface area contributed by atoms with Gasteiger partial charge in [-0.25, -0.2) is 0 Å². The lowest BCUT2D eigenvalue weighted by atomic mass is 9.98. The molecule has 0 fully saturated rings. The number of allylic oxidation sites excluding steroid dienone is 1. The predicted molar refractivity (Wildman–Crippen MR) is 77.0 cm³/mol. The highest BCUT2D eigenvalue weighted by Crippen LogP contribution is 2.40. The van der Waals surface area contributed by atoms with E-state index in [2.05, 4.69) is 30.3 Å². The average molecular weight is 260 g/mol. The van der Waals surface area contributed by atoms with E-state index in [1.165, 1.54) is 35.3 Å². The molecule has 0 spiro atoms. The normalized spacial score (nSPS) is 25.2. The van der Waals surface area contributed by atoms with Gasteiger partial charge < -0.3 is 5.11 Å². The van der Waals surface area contributed by atoms with Crippen molar-refractivity contribution in [1.82, 2.24) is 0 Å². The number of aliphatic hydroxyl groups is 1. The maximum absolute atomic E-state index is 10.6. The van der Waals surface area contributed by atoms with Crippen LogP contribution in [0.3, 0.4) is 0 Å². The van der Waals surface area contributed by atoms with Crippen molar-refractivity contribution in [3.05, 3.63) is 41.5 Å². The van der Waals surface area contributed by atoms with Gasteiger partial charge in [0, 0.05) is 10.1 Å². The molecule has 2 aliphatic rings. The van der Waals surface area contributed by atoms with Crippen LogP contribution in [0.2, 0.25) is 0 Å². The van der Waals surface area contributed by atoms with Crippen LogP contribution in [0.15, 0.2) is 40.8 Å². The molecule has 0 amide bonds. The highest BCUT2D eigenvalue weighted by Gasteiger charge is 2.30. The summed E-state index contributed by atoms with van der Waals surface area (Å²) < 4.78 is 0. The molecule has 2 unspecified atom stereocenters. The van der Waals surface area contributed by atoms with Crippen LogP contribution >= 0.6 is 11.8 Å². The predicted octanol–water partition coefficient (Wildman–Crippen LogP) is 3.95. The van der Waals surface area contributed by atoms with E-state index in [-0.39, 0.29) is 6.10 Å². The summed E-state index contributed by atoms with van der Waals surface area (Å²) in [6.07, 6.45) is 9.14. The molecule has 0 saturated heterocycles. The Morgan fingerprint density at radius 2 is 2.06 bits per heavy atom. The van der Waals surface area contributed by atoms with Crippen molar-refractivity contribution < 1.29 is 5.11 Å². The monoisotopic (exact) mass is 260 g/mol. The molecule has 0 bridgehead atoms. The van der Waals surface area contributed by atoms with Gasteiger partial charge in [0.1, 0.15) is 0 Å². The van der Waals surface area contributed by atoms with Crippen molar-refractivity contribution in [2.75, 3.05) is 0 Å². The largest absolute Gasteiger partial charge is 0.388 e. The summed E-state index contributed by atoms with van der Waals surface area (Å²) in [5.74, 6) is 0. The van der Waals surface area contributed by atoms with Gasteiger partial charge in [-0.1, -0.05) is 30.7 Å². The summed E-state index contributed by atoms with van der Waals surface area (Å²) in [4.78, 5) is 1.36. The summed E-state index contributed by atoms with van der Waals surface area (Å²) in [6, 6.07) is 8.55. The van der Waals surface area contributed by atoms with Crippen molar-refractivity contribution in [1.29, 1.82) is 0 Å². The average Bonchev–Trinajstić information content (AvgIpc) is 2.64. The number of hydrogen-bond donors (Lipinski definition) is 1. The summed E-state index contributed by atoms with van der Waals surface area (Å²) in [5.41, 5.74) is 2.69. The van der Waals surface area contributed by atoms with Crippen LogP contribution in [0.1, 0.15) is 37.7 Å². The molecule has 1 aromatic carbocycles. The van der Waals surface area contributed by atoms with E-state index in [0.717, 1.165) is 19.3 Å². The Hall–Kier alpha value is -0.730. The highest BCUT2D eigenvalue weighted by atomic mass is 32.2. The van der Waals surface area contributed by atoms with Gasteiger partial charge in [0.05, 0.1) is 6.10 Å². The molecule has 1 aliphatic heterocycles. The van der Waals surface area contributed by atoms with Gasteiger partial charge in [-0.15, -0.1) is 11.8 Å². The standard InChI is InChI=1S/C16H20OS/c17-16(12-7-3-1-2-4-8-12)15-11-13-9-5-6-10-14(13)18-15/h5-7,9-10,15-17H,1-4,8,11H2. The number of hydrogen-bond acceptors (Lipinski definition) is 2. The number of fused-ring (bicyclic) bond motifs is 1. The smallest absolute Gasteiger partial charge is 0.0875 e. The molecule has 2 heteroatoms. The Labute approximate surface area is 113 Å². The number of aliphatic hydroxyl groups excluding tert-OH is 1. The molecule has 1 heterocycles. The van der Waals surface area contributed by atoms with E-state index in [1.54, 1.807) is 0 Å². The van der Waals surface area contributed by atoms with Crippen molar-refractivity contribution in [3.8, 4) is 0 Å². The second-order valence-electron chi connectivity index (χ2n) is 5.29. The van der Waals surface area contributed by atoms with Crippen LogP contribution in [-0.4, -0.2) is 16.5 Å². The van der Waals surface area contributed by atoms with Gasteiger partial charge in [-0.3, -0.25) is 0 Å². The summed E-state index contributed by atoms with van der Waals surface area (Å²) in [6.45, 7) is 0. The van der Waals surface area contributed by atoms with Gasteiger partial charge in [0.25, 0.3) is 0 Å². The molecule has 1 N–H and O–H groups in total. The molecule has 0 radical (unpaired) electrons. The van der Waals surface area contributed by atoms with E-state index < -0.39 is 0 Å². The molecular weight excluding hydrogens is 240 g/mol. The van der Waals surface area contributed by atoms with Crippen LogP contribution in [-0.2, 0) is 6.42 Å². The molecular formula is C16H20OS. The first-order valence-electron chi connectivity index (χ1n) is 6.96. The summed E-state index contributed by atoms with van der Waals surface area (Å²) in [5, 5.41) is 10.9. The van der Waals surface area contributed by atoms with Crippen molar-refractivity contribution >= 4 is 11.8 Å². The fraction of sp³-hybridized carbons (Fsp3) is 0.500. The second kappa shape index (κ2) is 5.50. The minimum Gasteiger partial charge on any atom is -0.388 e. The third-order valence-electron chi connectivity index (χ3n) is 3.98. The molecule has 1 nitrogen and oxygen atoms in total. The Balaban J connectivity index is 1.71. The van der Waals surface area contributed by atoms with Crippen LogP contribution in [0.5, 0.6) is 0 Å². The molecule has 96 valence electrons. The van der Waals surface area contributed by atoms with E-state index in [4.69, 9.17) is 0 Å². The zero-order chi connectivity index (χ0) is 12.4. The fourth-order valence-electron chi connectivity index (χ4n) is 2.93. The number of thioether (sulfide) groups is 1. The molecule has 1 aliphatic carbocycles. The lowest BCUT2D eigenvalue weighted by molar-refractivity contribution is 0.203. The molecule has 3 rings (SSSR count). The molecule has 0 saturated carbocycles. The van der Waals surface area contributed by atoms with Crippen LogP contribution in [0.4, 0.5) is 0 Å². The molecule has 2 atom stereocenters. The van der Waals surface area contributed by atoms with Crippen LogP contribution < -0.4 is 0 Å². The lowest BCUT2D eigenvalue weighted by Gasteiger charge is -2.20. The quantitative estimate of drug-likeness (QED) is 0.812. The van der Waals surface area contributed by atoms with Gasteiger partial charge in [0.15, 0.2) is 0 Å². The maximum Gasteiger partial charge on any atom is 0.0875 e. The van der Waals surface area contributed by atoms with Crippen molar-refractivity contribution in [2.24, 2.45) is 0 Å². The Bertz CT molecular complexity index is 427. The third kappa shape index (κ3) is 2.50. The lowest BCUT2D eigenvalue weighted by Crippen LogP contribution is -2.24. The van der Waals surface area contributed by atoms with E-state index in [9.17, 15) is 5.11 Å². The van der Waals surface area contributed by atoms with Gasteiger partial charge in [-0.05, 0) is 49.3 Å². The third-order valence-corrected chi connectivity index (χ3v) is 5.36. The Morgan fingerprint density at radius 1 is 1.17 bits per heavy atom. The minimum absolute atomic E-state index is 0.250. The van der Waals surface area contributed by atoms with Crippen molar-refractivity contribution in [3.63, 3.8) is 0 Å². The van der Waals surface area contributed by atoms with Gasteiger partial charge in [0.2, 0.25) is 0 Å². The fourth-order valence-corrected chi connectivity index (χ4v) is 4.28. The van der Waals surface area contributed by atoms with Crippen LogP contribution in [0, 0.1) is 0 Å². The van der Waals surface area contributed by atoms with Gasteiger partial charge in [-0.2, -0.15) is 0 Å². The zero-order valence-electron chi connectivity index (χ0n) is 10.6. The molecule has 0 aromatic heterocycles. The summed E-state index contributed by atoms with van der Waals surface area (Å²) in [7, 11) is 0. The topological polar surface area (TPSA) is 20.2 Å². The second-order valence-corrected chi connectivity index (χ2v) is 6.57. The first-order chi connectivity index (χ1) is 8.84. The van der Waals surface area contributed by atoms with Gasteiger partial charge >= 0.3 is 0 Å². The number of rotatable bonds is 2.